The highest BCUT2D eigenvalue weighted by molar-refractivity contribution is 7.47. The van der Waals surface area contributed by atoms with E-state index in [2.05, 4.69) is 13.8 Å². The molecule has 0 aliphatic heterocycles. The molecular formula is C39H79NO8P+. The molecule has 0 aliphatic rings. The molecule has 0 aromatic carbocycles. The van der Waals surface area contributed by atoms with Crippen molar-refractivity contribution in [1.29, 1.82) is 0 Å². The second kappa shape index (κ2) is 32.9. The largest absolute Gasteiger partial charge is 0.472 e. The lowest BCUT2D eigenvalue weighted by molar-refractivity contribution is -0.870. The number of carbonyl (C=O) groups excluding carboxylic acids is 2. The van der Waals surface area contributed by atoms with E-state index in [0.29, 0.717) is 17.4 Å². The van der Waals surface area contributed by atoms with Crippen molar-refractivity contribution in [2.45, 2.75) is 193 Å². The third kappa shape index (κ3) is 36.6. The third-order valence-corrected chi connectivity index (χ3v) is 9.87. The number of phosphoric ester groups is 1. The first-order valence-electron chi connectivity index (χ1n) is 20.3. The number of phosphoric acid groups is 1. The fourth-order valence-corrected chi connectivity index (χ4v) is 6.40. The molecule has 0 radical (unpaired) electrons. The monoisotopic (exact) mass is 721 g/mol. The van der Waals surface area contributed by atoms with Crippen molar-refractivity contribution >= 4 is 19.8 Å². The van der Waals surface area contributed by atoms with Crippen LogP contribution in [0.4, 0.5) is 0 Å². The minimum Gasteiger partial charge on any atom is -0.462 e. The first-order chi connectivity index (χ1) is 23.5. The summed E-state index contributed by atoms with van der Waals surface area (Å²) in [5, 5.41) is 0. The van der Waals surface area contributed by atoms with Crippen LogP contribution < -0.4 is 0 Å². The molecule has 0 rings (SSSR count). The summed E-state index contributed by atoms with van der Waals surface area (Å²) in [6.45, 7) is 4.39. The van der Waals surface area contributed by atoms with Crippen LogP contribution in [0.2, 0.25) is 0 Å². The molecule has 10 heteroatoms. The number of carbonyl (C=O) groups is 2. The van der Waals surface area contributed by atoms with Crippen molar-refractivity contribution in [2.75, 3.05) is 47.5 Å². The highest BCUT2D eigenvalue weighted by Gasteiger charge is 2.27. The van der Waals surface area contributed by atoms with E-state index in [9.17, 15) is 19.0 Å². The zero-order valence-corrected chi connectivity index (χ0v) is 33.6. The smallest absolute Gasteiger partial charge is 0.462 e. The van der Waals surface area contributed by atoms with Crippen LogP contribution in [0.15, 0.2) is 0 Å². The summed E-state index contributed by atoms with van der Waals surface area (Å²) in [5.74, 6) is -0.795. The van der Waals surface area contributed by atoms with E-state index < -0.39 is 26.5 Å². The van der Waals surface area contributed by atoms with E-state index >= 15 is 0 Å². The number of likely N-dealkylation sites (N-methyl/N-ethyl adjacent to an activating group) is 1. The molecule has 1 N–H and O–H groups in total. The number of hydrogen-bond acceptors (Lipinski definition) is 7. The molecule has 0 saturated heterocycles. The molecule has 0 aromatic rings. The van der Waals surface area contributed by atoms with Crippen LogP contribution >= 0.6 is 7.82 Å². The Morgan fingerprint density at radius 1 is 0.551 bits per heavy atom. The summed E-state index contributed by atoms with van der Waals surface area (Å²) < 4.78 is 34.1. The molecular weight excluding hydrogens is 641 g/mol. The fraction of sp³-hybridized carbons (Fsp3) is 0.949. The molecule has 2 atom stereocenters. The van der Waals surface area contributed by atoms with Crippen LogP contribution in [0.3, 0.4) is 0 Å². The van der Waals surface area contributed by atoms with Gasteiger partial charge in [-0.3, -0.25) is 18.6 Å². The zero-order valence-electron chi connectivity index (χ0n) is 32.7. The van der Waals surface area contributed by atoms with E-state index in [1.54, 1.807) is 0 Å². The van der Waals surface area contributed by atoms with Crippen LogP contribution in [0.1, 0.15) is 187 Å². The lowest BCUT2D eigenvalue weighted by Crippen LogP contribution is -2.37. The molecule has 0 aromatic heterocycles. The lowest BCUT2D eigenvalue weighted by atomic mass is 10.0. The maximum Gasteiger partial charge on any atom is 0.472 e. The van der Waals surface area contributed by atoms with Gasteiger partial charge < -0.3 is 18.9 Å². The SMILES string of the molecule is CCCCCCCCCCCCCCCCCCCCC(=O)OC(COC(=O)CCCCCCCCC)COP(=O)(O)OCC[N+](C)(C)C. The quantitative estimate of drug-likeness (QED) is 0.0292. The van der Waals surface area contributed by atoms with Gasteiger partial charge in [0.05, 0.1) is 27.7 Å². The second-order valence-corrected chi connectivity index (χ2v) is 16.5. The van der Waals surface area contributed by atoms with E-state index in [1.165, 1.54) is 122 Å². The Bertz CT molecular complexity index is 819. The van der Waals surface area contributed by atoms with Crippen LogP contribution in [-0.2, 0) is 32.7 Å². The number of ether oxygens (including phenoxy) is 2. The predicted octanol–water partition coefficient (Wildman–Crippen LogP) is 10.9. The molecule has 49 heavy (non-hydrogen) atoms. The van der Waals surface area contributed by atoms with Crippen molar-refractivity contribution in [2.24, 2.45) is 0 Å². The Morgan fingerprint density at radius 2 is 0.918 bits per heavy atom. The van der Waals surface area contributed by atoms with Gasteiger partial charge in [0.1, 0.15) is 19.8 Å². The Hall–Kier alpha value is -0.990. The predicted molar refractivity (Wildman–Crippen MR) is 201 cm³/mol. The first-order valence-corrected chi connectivity index (χ1v) is 21.8. The molecule has 0 fully saturated rings. The summed E-state index contributed by atoms with van der Waals surface area (Å²) >= 11 is 0. The topological polar surface area (TPSA) is 108 Å². The van der Waals surface area contributed by atoms with Crippen molar-refractivity contribution in [3.05, 3.63) is 0 Å². The summed E-state index contributed by atoms with van der Waals surface area (Å²) in [5.41, 5.74) is 0. The lowest BCUT2D eigenvalue weighted by Gasteiger charge is -2.24. The normalized spacial score (nSPS) is 13.7. The van der Waals surface area contributed by atoms with Gasteiger partial charge in [-0.2, -0.15) is 0 Å². The van der Waals surface area contributed by atoms with Gasteiger partial charge in [0, 0.05) is 12.8 Å². The number of unbranched alkanes of at least 4 members (excludes halogenated alkanes) is 23. The third-order valence-electron chi connectivity index (χ3n) is 8.89. The van der Waals surface area contributed by atoms with E-state index in [-0.39, 0.29) is 25.6 Å². The molecule has 0 amide bonds. The summed E-state index contributed by atoms with van der Waals surface area (Å²) in [7, 11) is 1.49. The highest BCUT2D eigenvalue weighted by atomic mass is 31.2. The molecule has 0 heterocycles. The minimum absolute atomic E-state index is 0.0362. The van der Waals surface area contributed by atoms with Crippen molar-refractivity contribution in [3.63, 3.8) is 0 Å². The van der Waals surface area contributed by atoms with Crippen LogP contribution in [0, 0.1) is 0 Å². The average Bonchev–Trinajstić information content (AvgIpc) is 3.04. The maximum absolute atomic E-state index is 12.6. The minimum atomic E-state index is -4.36. The second-order valence-electron chi connectivity index (χ2n) is 15.0. The van der Waals surface area contributed by atoms with Crippen molar-refractivity contribution in [1.82, 2.24) is 0 Å². The molecule has 2 unspecified atom stereocenters. The van der Waals surface area contributed by atoms with Crippen LogP contribution in [-0.4, -0.2) is 74.9 Å². The Balaban J connectivity index is 4.25. The van der Waals surface area contributed by atoms with Gasteiger partial charge in [-0.25, -0.2) is 4.57 Å². The maximum atomic E-state index is 12.6. The Kier molecular flexibility index (Phi) is 32.2. The summed E-state index contributed by atoms with van der Waals surface area (Å²) in [6.07, 6.45) is 30.2. The number of quaternary nitrogens is 1. The van der Waals surface area contributed by atoms with Crippen molar-refractivity contribution < 1.29 is 42.1 Å². The molecule has 0 bridgehead atoms. The summed E-state index contributed by atoms with van der Waals surface area (Å²) in [4.78, 5) is 35.1. The number of esters is 2. The Labute approximate surface area is 302 Å². The van der Waals surface area contributed by atoms with Gasteiger partial charge in [-0.1, -0.05) is 162 Å². The molecule has 0 aliphatic carbocycles. The Morgan fingerprint density at radius 3 is 1.31 bits per heavy atom. The number of rotatable bonds is 37. The van der Waals surface area contributed by atoms with Crippen LogP contribution in [0.5, 0.6) is 0 Å². The first kappa shape index (κ1) is 48.0. The molecule has 0 saturated carbocycles. The molecule has 0 spiro atoms. The average molecular weight is 721 g/mol. The summed E-state index contributed by atoms with van der Waals surface area (Å²) in [6, 6.07) is 0. The van der Waals surface area contributed by atoms with Gasteiger partial charge in [0.15, 0.2) is 6.10 Å². The van der Waals surface area contributed by atoms with Crippen molar-refractivity contribution in [3.8, 4) is 0 Å². The van der Waals surface area contributed by atoms with Gasteiger partial charge in [0.25, 0.3) is 0 Å². The van der Waals surface area contributed by atoms with E-state index in [4.69, 9.17) is 18.5 Å². The van der Waals surface area contributed by atoms with Gasteiger partial charge in [0.2, 0.25) is 0 Å². The van der Waals surface area contributed by atoms with Gasteiger partial charge in [-0.15, -0.1) is 0 Å². The highest BCUT2D eigenvalue weighted by Crippen LogP contribution is 2.43. The molecule has 292 valence electrons. The number of nitrogens with zero attached hydrogens (tertiary/aromatic N) is 1. The molecule has 9 nitrogen and oxygen atoms in total. The number of hydrogen-bond donors (Lipinski definition) is 1. The van der Waals surface area contributed by atoms with E-state index in [1.807, 2.05) is 21.1 Å². The standard InChI is InChI=1S/C39H78NO8P/c1-6-8-10-12-14-15-16-17-18-19-20-21-22-23-24-26-28-30-32-39(42)48-37(36-47-49(43,44)46-34-33-40(3,4)5)35-45-38(41)31-29-27-25-13-11-9-7-2/h37H,6-36H2,1-5H3/p+1. The van der Waals surface area contributed by atoms with E-state index in [0.717, 1.165) is 38.5 Å². The van der Waals surface area contributed by atoms with Gasteiger partial charge >= 0.3 is 19.8 Å². The zero-order chi connectivity index (χ0) is 36.5. The van der Waals surface area contributed by atoms with Crippen LogP contribution in [0.25, 0.3) is 0 Å². The van der Waals surface area contributed by atoms with Gasteiger partial charge in [-0.05, 0) is 12.8 Å². The fourth-order valence-electron chi connectivity index (χ4n) is 5.66.